The molecule has 0 aromatic rings. The standard InChI is InChI=1S/C6H11N3O2S/c1-3-4-7-5(12)8-9(2)6(10)11/h3H,1,4H2,2H3,(H,10,11)(H2,7,8,12). The van der Waals surface area contributed by atoms with E-state index in [4.69, 9.17) is 17.3 Å². The van der Waals surface area contributed by atoms with E-state index in [0.717, 1.165) is 5.01 Å². The number of carbonyl (C=O) groups is 1. The number of hydrogen-bond donors (Lipinski definition) is 3. The van der Waals surface area contributed by atoms with Gasteiger partial charge in [-0.15, -0.1) is 6.58 Å². The van der Waals surface area contributed by atoms with Crippen LogP contribution < -0.4 is 10.7 Å². The molecule has 0 bridgehead atoms. The number of nitrogens with zero attached hydrogens (tertiary/aromatic N) is 1. The molecule has 3 N–H and O–H groups in total. The highest BCUT2D eigenvalue weighted by molar-refractivity contribution is 7.80. The van der Waals surface area contributed by atoms with Crippen LogP contribution in [-0.4, -0.2) is 34.9 Å². The van der Waals surface area contributed by atoms with Crippen LogP contribution in [0.1, 0.15) is 0 Å². The first kappa shape index (κ1) is 10.7. The quantitative estimate of drug-likeness (QED) is 0.328. The van der Waals surface area contributed by atoms with E-state index in [0.29, 0.717) is 6.54 Å². The molecule has 12 heavy (non-hydrogen) atoms. The van der Waals surface area contributed by atoms with Gasteiger partial charge in [-0.05, 0) is 12.2 Å². The molecule has 0 spiro atoms. The predicted octanol–water partition coefficient (Wildman–Crippen LogP) is 0.161. The largest absolute Gasteiger partial charge is 0.464 e. The van der Waals surface area contributed by atoms with Crippen molar-refractivity contribution in [2.75, 3.05) is 13.6 Å². The van der Waals surface area contributed by atoms with Crippen LogP contribution in [-0.2, 0) is 0 Å². The number of thiocarbonyl (C=S) groups is 1. The van der Waals surface area contributed by atoms with Gasteiger partial charge in [0, 0.05) is 13.6 Å². The predicted molar refractivity (Wildman–Crippen MR) is 49.7 cm³/mol. The number of hydrogen-bond acceptors (Lipinski definition) is 2. The Kier molecular flexibility index (Phi) is 4.78. The van der Waals surface area contributed by atoms with E-state index in [1.54, 1.807) is 6.08 Å². The second kappa shape index (κ2) is 5.36. The topological polar surface area (TPSA) is 64.6 Å². The van der Waals surface area contributed by atoms with E-state index in [1.807, 2.05) is 0 Å². The minimum atomic E-state index is -1.10. The number of rotatable bonds is 2. The van der Waals surface area contributed by atoms with Crippen molar-refractivity contribution in [3.8, 4) is 0 Å². The zero-order chi connectivity index (χ0) is 9.56. The molecule has 6 heteroatoms. The lowest BCUT2D eigenvalue weighted by Crippen LogP contribution is -2.47. The number of hydrazine groups is 1. The van der Waals surface area contributed by atoms with Crippen molar-refractivity contribution in [1.82, 2.24) is 15.8 Å². The number of amides is 1. The van der Waals surface area contributed by atoms with Gasteiger partial charge in [0.15, 0.2) is 5.11 Å². The highest BCUT2D eigenvalue weighted by Gasteiger charge is 2.04. The molecule has 0 aliphatic heterocycles. The van der Waals surface area contributed by atoms with Gasteiger partial charge >= 0.3 is 6.09 Å². The Labute approximate surface area is 76.0 Å². The van der Waals surface area contributed by atoms with Gasteiger partial charge in [-0.2, -0.15) is 0 Å². The van der Waals surface area contributed by atoms with Crippen molar-refractivity contribution in [2.45, 2.75) is 0 Å². The lowest BCUT2D eigenvalue weighted by atomic mass is 10.6. The molecule has 0 aromatic carbocycles. The third kappa shape index (κ3) is 4.51. The van der Waals surface area contributed by atoms with Crippen molar-refractivity contribution < 1.29 is 9.90 Å². The highest BCUT2D eigenvalue weighted by Crippen LogP contribution is 1.76. The molecule has 5 nitrogen and oxygen atoms in total. The molecule has 0 aliphatic rings. The summed E-state index contributed by atoms with van der Waals surface area (Å²) in [6.45, 7) is 3.97. The molecule has 0 unspecified atom stereocenters. The Morgan fingerprint density at radius 1 is 1.83 bits per heavy atom. The van der Waals surface area contributed by atoms with Gasteiger partial charge in [-0.25, -0.2) is 9.80 Å². The Bertz CT molecular complexity index is 195. The third-order valence-corrected chi connectivity index (χ3v) is 1.20. The van der Waals surface area contributed by atoms with Gasteiger partial charge in [0.25, 0.3) is 0 Å². The van der Waals surface area contributed by atoms with Crippen molar-refractivity contribution in [2.24, 2.45) is 0 Å². The molecule has 1 amide bonds. The van der Waals surface area contributed by atoms with E-state index >= 15 is 0 Å². The summed E-state index contributed by atoms with van der Waals surface area (Å²) in [6.07, 6.45) is 0.520. The highest BCUT2D eigenvalue weighted by atomic mass is 32.1. The molecule has 0 atom stereocenters. The summed E-state index contributed by atoms with van der Waals surface area (Å²) in [5, 5.41) is 12.2. The maximum Gasteiger partial charge on any atom is 0.425 e. The van der Waals surface area contributed by atoms with Gasteiger partial charge in [-0.3, -0.25) is 5.43 Å². The fourth-order valence-corrected chi connectivity index (χ4v) is 0.625. The van der Waals surface area contributed by atoms with Crippen LogP contribution in [0.4, 0.5) is 4.79 Å². The lowest BCUT2D eigenvalue weighted by Gasteiger charge is -2.16. The summed E-state index contributed by atoms with van der Waals surface area (Å²) < 4.78 is 0. The summed E-state index contributed by atoms with van der Waals surface area (Å²) in [6, 6.07) is 0. The molecule has 0 aliphatic carbocycles. The third-order valence-electron chi connectivity index (χ3n) is 0.963. The van der Waals surface area contributed by atoms with E-state index in [1.165, 1.54) is 7.05 Å². The van der Waals surface area contributed by atoms with Crippen molar-refractivity contribution in [3.63, 3.8) is 0 Å². The lowest BCUT2D eigenvalue weighted by molar-refractivity contribution is 0.147. The summed E-state index contributed by atoms with van der Waals surface area (Å²) in [5.41, 5.74) is 2.42. The van der Waals surface area contributed by atoms with Crippen LogP contribution in [0.3, 0.4) is 0 Å². The molecule has 0 rings (SSSR count). The fraction of sp³-hybridized carbons (Fsp3) is 0.333. The number of carboxylic acid groups (broad SMARTS) is 1. The van der Waals surface area contributed by atoms with Gasteiger partial charge in [0.1, 0.15) is 0 Å². The SMILES string of the molecule is C=CCNC(=S)NN(C)C(=O)O. The van der Waals surface area contributed by atoms with Gasteiger partial charge in [0.05, 0.1) is 0 Å². The molecule has 0 aromatic heterocycles. The van der Waals surface area contributed by atoms with Crippen LogP contribution in [0.15, 0.2) is 12.7 Å². The van der Waals surface area contributed by atoms with E-state index in [-0.39, 0.29) is 5.11 Å². The van der Waals surface area contributed by atoms with Gasteiger partial charge < -0.3 is 10.4 Å². The normalized spacial score (nSPS) is 8.42. The van der Waals surface area contributed by atoms with E-state index in [9.17, 15) is 4.79 Å². The molecular weight excluding hydrogens is 178 g/mol. The molecule has 0 saturated carbocycles. The van der Waals surface area contributed by atoms with Crippen LogP contribution >= 0.6 is 12.2 Å². The molecule has 0 radical (unpaired) electrons. The van der Waals surface area contributed by atoms with Crippen molar-refractivity contribution >= 4 is 23.4 Å². The molecule has 0 fully saturated rings. The first-order valence-corrected chi connectivity index (χ1v) is 3.60. The average Bonchev–Trinajstić information content (AvgIpc) is 2.00. The number of nitrogens with one attached hydrogen (secondary N) is 2. The van der Waals surface area contributed by atoms with Gasteiger partial charge in [-0.1, -0.05) is 6.08 Å². The summed E-state index contributed by atoms with van der Waals surface area (Å²) in [7, 11) is 1.35. The first-order valence-electron chi connectivity index (χ1n) is 3.20. The Balaban J connectivity index is 3.68. The van der Waals surface area contributed by atoms with Crippen LogP contribution in [0.5, 0.6) is 0 Å². The Hall–Kier alpha value is -1.30. The Morgan fingerprint density at radius 3 is 2.83 bits per heavy atom. The maximum atomic E-state index is 10.3. The van der Waals surface area contributed by atoms with Crippen molar-refractivity contribution in [1.29, 1.82) is 0 Å². The molecule has 0 heterocycles. The Morgan fingerprint density at radius 2 is 2.42 bits per heavy atom. The van der Waals surface area contributed by atoms with Crippen molar-refractivity contribution in [3.05, 3.63) is 12.7 Å². The monoisotopic (exact) mass is 189 g/mol. The van der Waals surface area contributed by atoms with Crippen LogP contribution in [0.25, 0.3) is 0 Å². The first-order chi connectivity index (χ1) is 5.57. The second-order valence-electron chi connectivity index (χ2n) is 1.95. The summed E-state index contributed by atoms with van der Waals surface area (Å²) in [4.78, 5) is 10.3. The molecule has 0 saturated heterocycles. The van der Waals surface area contributed by atoms with Gasteiger partial charge in [0.2, 0.25) is 0 Å². The minimum absolute atomic E-state index is 0.250. The maximum absolute atomic E-state index is 10.3. The van der Waals surface area contributed by atoms with E-state index in [2.05, 4.69) is 17.3 Å². The zero-order valence-corrected chi connectivity index (χ0v) is 7.52. The van der Waals surface area contributed by atoms with Crippen LogP contribution in [0.2, 0.25) is 0 Å². The summed E-state index contributed by atoms with van der Waals surface area (Å²) in [5.74, 6) is 0. The molecular formula is C6H11N3O2S. The molecule has 68 valence electrons. The fourth-order valence-electron chi connectivity index (χ4n) is 0.405. The average molecular weight is 189 g/mol. The zero-order valence-electron chi connectivity index (χ0n) is 6.70. The van der Waals surface area contributed by atoms with Crippen LogP contribution in [0, 0.1) is 0 Å². The summed E-state index contributed by atoms with van der Waals surface area (Å²) >= 11 is 4.74. The minimum Gasteiger partial charge on any atom is -0.464 e. The second-order valence-corrected chi connectivity index (χ2v) is 2.36. The van der Waals surface area contributed by atoms with E-state index < -0.39 is 6.09 Å². The smallest absolute Gasteiger partial charge is 0.425 e.